The zero-order valence-corrected chi connectivity index (χ0v) is 11.3. The third-order valence-corrected chi connectivity index (χ3v) is 3.90. The molecule has 1 aliphatic heterocycles. The molecule has 0 saturated carbocycles. The third-order valence-electron chi connectivity index (χ3n) is 3.02. The van der Waals surface area contributed by atoms with Crippen molar-refractivity contribution in [3.63, 3.8) is 0 Å². The van der Waals surface area contributed by atoms with Crippen LogP contribution in [0, 0.1) is 0 Å². The van der Waals surface area contributed by atoms with E-state index >= 15 is 0 Å². The number of carboxylic acid groups (broad SMARTS) is 1. The normalized spacial score (nSPS) is 19.3. The lowest BCUT2D eigenvalue weighted by Crippen LogP contribution is -2.63. The minimum Gasteiger partial charge on any atom is -0.476 e. The number of nitrogens with zero attached hydrogens (tertiary/aromatic N) is 2. The monoisotopic (exact) mass is 283 g/mol. The molecule has 2 N–H and O–H groups in total. The van der Waals surface area contributed by atoms with E-state index in [-0.39, 0.29) is 29.9 Å². The first-order valence-electron chi connectivity index (χ1n) is 5.57. The van der Waals surface area contributed by atoms with Gasteiger partial charge < -0.3 is 5.11 Å². The Bertz CT molecular complexity index is 552. The Morgan fingerprint density at radius 1 is 1.58 bits per heavy atom. The molecular formula is C11H13N3O4S. The number of carboxylic acids is 1. The molecule has 1 fully saturated rings. The maximum absolute atomic E-state index is 11.8. The lowest BCUT2D eigenvalue weighted by atomic mass is 9.98. The highest BCUT2D eigenvalue weighted by Crippen LogP contribution is 2.21. The molecule has 1 aromatic rings. The van der Waals surface area contributed by atoms with Crippen LogP contribution >= 0.6 is 11.3 Å². The highest BCUT2D eigenvalue weighted by Gasteiger charge is 2.40. The average molecular weight is 283 g/mol. The van der Waals surface area contributed by atoms with Gasteiger partial charge in [-0.1, -0.05) is 0 Å². The highest BCUT2D eigenvalue weighted by atomic mass is 32.1. The fraction of sp³-hybridized carbons (Fsp3) is 0.455. The SMILES string of the molecule is CC1(C)C(=O)NC(=O)CN1Cc1csc(C(=O)O)n1. The van der Waals surface area contributed by atoms with Gasteiger partial charge in [-0.15, -0.1) is 11.3 Å². The number of carbonyl (C=O) groups is 3. The van der Waals surface area contributed by atoms with E-state index in [4.69, 9.17) is 5.11 Å². The summed E-state index contributed by atoms with van der Waals surface area (Å²) in [6.45, 7) is 3.76. The van der Waals surface area contributed by atoms with Crippen molar-refractivity contribution in [2.75, 3.05) is 6.54 Å². The third kappa shape index (κ3) is 2.64. The van der Waals surface area contributed by atoms with Crippen molar-refractivity contribution in [3.8, 4) is 0 Å². The lowest BCUT2D eigenvalue weighted by Gasteiger charge is -2.39. The molecule has 1 aromatic heterocycles. The number of hydrogen-bond acceptors (Lipinski definition) is 6. The molecule has 0 bridgehead atoms. The molecule has 0 aliphatic carbocycles. The van der Waals surface area contributed by atoms with E-state index in [0.717, 1.165) is 11.3 Å². The Kier molecular flexibility index (Phi) is 3.38. The first-order chi connectivity index (χ1) is 8.80. The van der Waals surface area contributed by atoms with Gasteiger partial charge in [0.2, 0.25) is 16.8 Å². The minimum absolute atomic E-state index is 0.000550. The molecule has 8 heteroatoms. The first kappa shape index (κ1) is 13.6. The van der Waals surface area contributed by atoms with Gasteiger partial charge in [0.25, 0.3) is 0 Å². The molecule has 102 valence electrons. The second-order valence-corrected chi connectivity index (χ2v) is 5.60. The molecule has 2 heterocycles. The van der Waals surface area contributed by atoms with Crippen molar-refractivity contribution in [2.24, 2.45) is 0 Å². The van der Waals surface area contributed by atoms with Crippen LogP contribution in [0.1, 0.15) is 29.3 Å². The van der Waals surface area contributed by atoms with E-state index < -0.39 is 11.5 Å². The van der Waals surface area contributed by atoms with Gasteiger partial charge in [-0.2, -0.15) is 0 Å². The van der Waals surface area contributed by atoms with E-state index in [9.17, 15) is 14.4 Å². The summed E-state index contributed by atoms with van der Waals surface area (Å²) in [4.78, 5) is 39.5. The quantitative estimate of drug-likeness (QED) is 0.762. The van der Waals surface area contributed by atoms with Gasteiger partial charge in [-0.05, 0) is 13.8 Å². The number of thiazole rings is 1. The zero-order chi connectivity index (χ0) is 14.2. The summed E-state index contributed by atoms with van der Waals surface area (Å²) in [6, 6.07) is 0. The van der Waals surface area contributed by atoms with Crippen molar-refractivity contribution in [1.82, 2.24) is 15.2 Å². The zero-order valence-electron chi connectivity index (χ0n) is 10.5. The maximum atomic E-state index is 11.8. The van der Waals surface area contributed by atoms with Crippen LogP contribution < -0.4 is 5.32 Å². The van der Waals surface area contributed by atoms with Crippen LogP contribution in [0.25, 0.3) is 0 Å². The minimum atomic E-state index is -1.08. The smallest absolute Gasteiger partial charge is 0.365 e. The number of imide groups is 1. The van der Waals surface area contributed by atoms with Gasteiger partial charge in [-0.25, -0.2) is 9.78 Å². The van der Waals surface area contributed by atoms with Gasteiger partial charge in [0, 0.05) is 11.9 Å². The number of nitrogens with one attached hydrogen (secondary N) is 1. The number of hydrogen-bond donors (Lipinski definition) is 2. The molecule has 0 spiro atoms. The standard InChI is InChI=1S/C11H13N3O4S/c1-11(2)10(18)13-7(15)4-14(11)3-6-5-19-8(12-6)9(16)17/h5H,3-4H2,1-2H3,(H,16,17)(H,13,15,18). The van der Waals surface area contributed by atoms with Gasteiger partial charge in [-0.3, -0.25) is 19.8 Å². The van der Waals surface area contributed by atoms with Crippen LogP contribution in [0.5, 0.6) is 0 Å². The summed E-state index contributed by atoms with van der Waals surface area (Å²) in [6.07, 6.45) is 0. The molecule has 0 atom stereocenters. The summed E-state index contributed by atoms with van der Waals surface area (Å²) in [7, 11) is 0. The number of piperazine rings is 1. The number of aromatic carboxylic acids is 1. The average Bonchev–Trinajstić information content (AvgIpc) is 2.74. The Morgan fingerprint density at radius 2 is 2.26 bits per heavy atom. The summed E-state index contributed by atoms with van der Waals surface area (Å²) < 4.78 is 0. The summed E-state index contributed by atoms with van der Waals surface area (Å²) in [5.41, 5.74) is -0.293. The number of aromatic nitrogens is 1. The first-order valence-corrected chi connectivity index (χ1v) is 6.45. The van der Waals surface area contributed by atoms with E-state index in [1.807, 2.05) is 0 Å². The van der Waals surface area contributed by atoms with Crippen LogP contribution in [-0.2, 0) is 16.1 Å². The molecule has 19 heavy (non-hydrogen) atoms. The van der Waals surface area contributed by atoms with Crippen molar-refractivity contribution in [3.05, 3.63) is 16.1 Å². The second-order valence-electron chi connectivity index (χ2n) is 4.74. The number of carbonyl (C=O) groups excluding carboxylic acids is 2. The molecular weight excluding hydrogens is 270 g/mol. The topological polar surface area (TPSA) is 99.6 Å². The second kappa shape index (κ2) is 4.71. The Balaban J connectivity index is 2.18. The molecule has 2 rings (SSSR count). The van der Waals surface area contributed by atoms with Crippen molar-refractivity contribution < 1.29 is 19.5 Å². The largest absolute Gasteiger partial charge is 0.476 e. The van der Waals surface area contributed by atoms with E-state index in [0.29, 0.717) is 5.69 Å². The molecule has 1 saturated heterocycles. The number of amides is 2. The summed E-state index contributed by atoms with van der Waals surface area (Å²) >= 11 is 1.03. The predicted molar refractivity (Wildman–Crippen MR) is 66.7 cm³/mol. The highest BCUT2D eigenvalue weighted by molar-refractivity contribution is 7.11. The molecule has 0 aromatic carbocycles. The number of rotatable bonds is 3. The van der Waals surface area contributed by atoms with Crippen LogP contribution in [0.15, 0.2) is 5.38 Å². The van der Waals surface area contributed by atoms with Crippen molar-refractivity contribution in [2.45, 2.75) is 25.9 Å². The van der Waals surface area contributed by atoms with E-state index in [1.165, 1.54) is 0 Å². The van der Waals surface area contributed by atoms with Crippen LogP contribution in [0.3, 0.4) is 0 Å². The van der Waals surface area contributed by atoms with Gasteiger partial charge in [0.15, 0.2) is 0 Å². The molecule has 2 amide bonds. The van der Waals surface area contributed by atoms with Crippen LogP contribution in [0.2, 0.25) is 0 Å². The summed E-state index contributed by atoms with van der Waals surface area (Å²) in [5, 5.41) is 12.7. The van der Waals surface area contributed by atoms with Gasteiger partial charge in [0.1, 0.15) is 0 Å². The Labute approximate surface area is 113 Å². The van der Waals surface area contributed by atoms with Crippen LogP contribution in [-0.4, -0.2) is 44.9 Å². The van der Waals surface area contributed by atoms with Crippen molar-refractivity contribution in [1.29, 1.82) is 0 Å². The molecule has 0 radical (unpaired) electrons. The van der Waals surface area contributed by atoms with Gasteiger partial charge >= 0.3 is 5.97 Å². The fourth-order valence-corrected chi connectivity index (χ4v) is 2.41. The molecule has 7 nitrogen and oxygen atoms in total. The van der Waals surface area contributed by atoms with Gasteiger partial charge in [0.05, 0.1) is 17.8 Å². The van der Waals surface area contributed by atoms with Crippen molar-refractivity contribution >= 4 is 29.1 Å². The Hall–Kier alpha value is -1.80. The Morgan fingerprint density at radius 3 is 2.84 bits per heavy atom. The van der Waals surface area contributed by atoms with Crippen LogP contribution in [0.4, 0.5) is 0 Å². The van der Waals surface area contributed by atoms with E-state index in [1.54, 1.807) is 24.1 Å². The fourth-order valence-electron chi connectivity index (χ4n) is 1.76. The molecule has 1 aliphatic rings. The van der Waals surface area contributed by atoms with E-state index in [2.05, 4.69) is 10.3 Å². The molecule has 0 unspecified atom stereocenters. The predicted octanol–water partition coefficient (Wildman–Crippen LogP) is 0.0783. The lowest BCUT2D eigenvalue weighted by molar-refractivity contribution is -0.145. The summed E-state index contributed by atoms with van der Waals surface area (Å²) in [5.74, 6) is -1.81. The maximum Gasteiger partial charge on any atom is 0.365 e.